The van der Waals surface area contributed by atoms with E-state index >= 15 is 0 Å². The number of carbonyl (C=O) groups is 2. The van der Waals surface area contributed by atoms with Crippen molar-refractivity contribution in [2.24, 2.45) is 11.1 Å². The number of nitrogens with zero attached hydrogens (tertiary/aromatic N) is 4. The highest BCUT2D eigenvalue weighted by Gasteiger charge is 2.54. The number of anilines is 1. The van der Waals surface area contributed by atoms with Crippen LogP contribution in [0.15, 0.2) is 42.7 Å². The van der Waals surface area contributed by atoms with Crippen molar-refractivity contribution in [3.63, 3.8) is 0 Å². The third kappa shape index (κ3) is 4.53. The SMILES string of the molecule is CO[C@@H]1CN(C(=O)C2(C#N)CC2)C[C@H]1Nc1c(C(N)=O)cnn2cc(-c3ccc(OC(F)F)cc3)cc12. The molecule has 2 atom stereocenters. The van der Waals surface area contributed by atoms with Crippen molar-refractivity contribution < 1.29 is 27.8 Å². The maximum Gasteiger partial charge on any atom is 0.387 e. The normalized spacial score (nSPS) is 20.1. The fourth-order valence-electron chi connectivity index (χ4n) is 4.69. The highest BCUT2D eigenvalue weighted by Crippen LogP contribution is 2.47. The second-order valence-electron chi connectivity index (χ2n) is 9.19. The second-order valence-corrected chi connectivity index (χ2v) is 9.19. The molecule has 10 nitrogen and oxygen atoms in total. The number of ether oxygens (including phenoxy) is 2. The molecule has 37 heavy (non-hydrogen) atoms. The molecule has 1 saturated heterocycles. The lowest BCUT2D eigenvalue weighted by Gasteiger charge is -2.21. The minimum Gasteiger partial charge on any atom is -0.435 e. The van der Waals surface area contributed by atoms with Gasteiger partial charge in [0, 0.05) is 32.0 Å². The Morgan fingerprint density at radius 1 is 1.24 bits per heavy atom. The zero-order valence-electron chi connectivity index (χ0n) is 19.9. The molecule has 0 unspecified atom stereocenters. The number of benzene rings is 1. The number of nitriles is 1. The number of amides is 2. The van der Waals surface area contributed by atoms with Gasteiger partial charge in [0.15, 0.2) is 0 Å². The molecule has 3 N–H and O–H groups in total. The van der Waals surface area contributed by atoms with Crippen molar-refractivity contribution in [2.45, 2.75) is 31.6 Å². The molecular weight excluding hydrogens is 486 g/mol. The van der Waals surface area contributed by atoms with Crippen LogP contribution in [-0.4, -0.2) is 65.3 Å². The summed E-state index contributed by atoms with van der Waals surface area (Å²) in [6.07, 6.45) is 3.80. The molecule has 0 radical (unpaired) electrons. The third-order valence-corrected chi connectivity index (χ3v) is 6.87. The van der Waals surface area contributed by atoms with Crippen molar-refractivity contribution in [1.29, 1.82) is 5.26 Å². The van der Waals surface area contributed by atoms with Gasteiger partial charge < -0.3 is 25.4 Å². The standard InChI is InChI=1S/C25H24F2N6O4/c1-36-20-12-32(23(35)25(13-28)6-7-25)11-18(20)31-21-17(22(29)34)9-30-33-10-15(8-19(21)33)14-2-4-16(5-3-14)37-24(26)27/h2-5,8-10,18,20,24,31H,6-7,11-12H2,1H3,(H2,29,34)/t18-,20-/m1/s1. The van der Waals surface area contributed by atoms with Gasteiger partial charge in [0.2, 0.25) is 5.91 Å². The average molecular weight is 511 g/mol. The quantitative estimate of drug-likeness (QED) is 0.476. The molecule has 0 bridgehead atoms. The number of primary amides is 1. The summed E-state index contributed by atoms with van der Waals surface area (Å²) in [4.78, 5) is 26.8. The molecule has 0 spiro atoms. The summed E-state index contributed by atoms with van der Waals surface area (Å²) in [7, 11) is 1.54. The van der Waals surface area contributed by atoms with Gasteiger partial charge in [-0.15, -0.1) is 0 Å². The highest BCUT2D eigenvalue weighted by atomic mass is 19.3. The van der Waals surface area contributed by atoms with Gasteiger partial charge in [0.1, 0.15) is 11.2 Å². The molecule has 1 saturated carbocycles. The van der Waals surface area contributed by atoms with Crippen molar-refractivity contribution in [1.82, 2.24) is 14.5 Å². The van der Waals surface area contributed by atoms with E-state index in [9.17, 15) is 23.6 Å². The number of likely N-dealkylation sites (tertiary alicyclic amines) is 1. The van der Waals surface area contributed by atoms with Crippen LogP contribution in [0.1, 0.15) is 23.2 Å². The van der Waals surface area contributed by atoms with E-state index in [4.69, 9.17) is 10.5 Å². The third-order valence-electron chi connectivity index (χ3n) is 6.87. The zero-order chi connectivity index (χ0) is 26.3. The minimum atomic E-state index is -2.92. The molecule has 3 aromatic rings. The Morgan fingerprint density at radius 2 is 1.97 bits per heavy atom. The molecule has 1 aromatic carbocycles. The topological polar surface area (TPSA) is 135 Å². The summed E-state index contributed by atoms with van der Waals surface area (Å²) >= 11 is 0. The summed E-state index contributed by atoms with van der Waals surface area (Å²) in [5, 5.41) is 17.1. The van der Waals surface area contributed by atoms with Crippen LogP contribution < -0.4 is 15.8 Å². The van der Waals surface area contributed by atoms with Gasteiger partial charge in [-0.1, -0.05) is 12.1 Å². The second kappa shape index (κ2) is 9.33. The number of hydrogen-bond donors (Lipinski definition) is 2. The summed E-state index contributed by atoms with van der Waals surface area (Å²) in [6.45, 7) is -2.32. The van der Waals surface area contributed by atoms with Crippen LogP contribution in [0.25, 0.3) is 16.6 Å². The molecule has 1 aliphatic heterocycles. The van der Waals surface area contributed by atoms with E-state index < -0.39 is 17.9 Å². The van der Waals surface area contributed by atoms with Gasteiger partial charge in [-0.05, 0) is 36.6 Å². The summed E-state index contributed by atoms with van der Waals surface area (Å²) in [5.41, 5.74) is 7.28. The Hall–Kier alpha value is -4.24. The van der Waals surface area contributed by atoms with Crippen LogP contribution in [0.4, 0.5) is 14.5 Å². The van der Waals surface area contributed by atoms with E-state index in [0.29, 0.717) is 30.6 Å². The first-order valence-electron chi connectivity index (χ1n) is 11.6. The number of nitrogens with two attached hydrogens (primary N) is 1. The van der Waals surface area contributed by atoms with E-state index in [1.807, 2.05) is 0 Å². The Kier molecular flexibility index (Phi) is 6.16. The highest BCUT2D eigenvalue weighted by molar-refractivity contribution is 6.02. The first-order chi connectivity index (χ1) is 17.7. The average Bonchev–Trinajstić information content (AvgIpc) is 3.38. The smallest absolute Gasteiger partial charge is 0.387 e. The fraction of sp³-hybridized carbons (Fsp3) is 0.360. The van der Waals surface area contributed by atoms with Crippen molar-refractivity contribution in [3.05, 3.63) is 48.3 Å². The van der Waals surface area contributed by atoms with Gasteiger partial charge in [-0.3, -0.25) is 9.59 Å². The van der Waals surface area contributed by atoms with Crippen molar-refractivity contribution in [3.8, 4) is 22.9 Å². The Balaban J connectivity index is 1.46. The minimum absolute atomic E-state index is 0.0364. The first kappa shape index (κ1) is 24.5. The Bertz CT molecular complexity index is 1400. The maximum absolute atomic E-state index is 12.9. The molecule has 3 heterocycles. The molecule has 192 valence electrons. The molecule has 2 aliphatic rings. The fourth-order valence-corrected chi connectivity index (χ4v) is 4.69. The maximum atomic E-state index is 12.9. The van der Waals surface area contributed by atoms with Crippen LogP contribution in [0.3, 0.4) is 0 Å². The van der Waals surface area contributed by atoms with Crippen LogP contribution in [0.5, 0.6) is 5.75 Å². The number of halogens is 2. The van der Waals surface area contributed by atoms with Crippen LogP contribution in [-0.2, 0) is 9.53 Å². The number of methoxy groups -OCH3 is 1. The number of nitrogens with one attached hydrogen (secondary N) is 1. The molecule has 5 rings (SSSR count). The predicted octanol–water partition coefficient (Wildman–Crippen LogP) is 2.64. The van der Waals surface area contributed by atoms with Gasteiger partial charge in [0.05, 0.1) is 41.2 Å². The summed E-state index contributed by atoms with van der Waals surface area (Å²) in [5.74, 6) is -0.857. The number of fused-ring (bicyclic) bond motifs is 1. The van der Waals surface area contributed by atoms with Gasteiger partial charge in [0.25, 0.3) is 5.91 Å². The lowest BCUT2D eigenvalue weighted by atomic mass is 10.1. The Morgan fingerprint density at radius 3 is 2.57 bits per heavy atom. The molecule has 2 amide bonds. The number of hydrogen-bond acceptors (Lipinski definition) is 7. The molecule has 12 heteroatoms. The van der Waals surface area contributed by atoms with E-state index in [1.165, 1.54) is 18.3 Å². The van der Waals surface area contributed by atoms with E-state index in [2.05, 4.69) is 21.2 Å². The van der Waals surface area contributed by atoms with E-state index in [1.54, 1.807) is 40.9 Å². The predicted molar refractivity (Wildman–Crippen MR) is 128 cm³/mol. The largest absolute Gasteiger partial charge is 0.435 e. The van der Waals surface area contributed by atoms with Crippen LogP contribution in [0.2, 0.25) is 0 Å². The number of aromatic nitrogens is 2. The molecular formula is C25H24F2N6O4. The summed E-state index contributed by atoms with van der Waals surface area (Å²) < 4.78 is 36.6. The van der Waals surface area contributed by atoms with Gasteiger partial charge in [-0.25, -0.2) is 4.52 Å². The van der Waals surface area contributed by atoms with Crippen molar-refractivity contribution >= 4 is 23.0 Å². The van der Waals surface area contributed by atoms with E-state index in [0.717, 1.165) is 11.1 Å². The zero-order valence-corrected chi connectivity index (χ0v) is 19.9. The van der Waals surface area contributed by atoms with Gasteiger partial charge in [-0.2, -0.15) is 19.1 Å². The monoisotopic (exact) mass is 510 g/mol. The van der Waals surface area contributed by atoms with Gasteiger partial charge >= 0.3 is 6.61 Å². The number of rotatable bonds is 8. The molecule has 1 aliphatic carbocycles. The van der Waals surface area contributed by atoms with Crippen LogP contribution >= 0.6 is 0 Å². The lowest BCUT2D eigenvalue weighted by Crippen LogP contribution is -2.37. The lowest BCUT2D eigenvalue weighted by molar-refractivity contribution is -0.134. The first-order valence-corrected chi connectivity index (χ1v) is 11.6. The Labute approximate surface area is 210 Å². The van der Waals surface area contributed by atoms with E-state index in [-0.39, 0.29) is 35.9 Å². The number of carbonyl (C=O) groups excluding carboxylic acids is 2. The summed E-state index contributed by atoms with van der Waals surface area (Å²) in [6, 6.07) is 9.70. The molecule has 2 fully saturated rings. The van der Waals surface area contributed by atoms with Crippen LogP contribution in [0, 0.1) is 16.7 Å². The molecule has 2 aromatic heterocycles. The number of alkyl halides is 2. The van der Waals surface area contributed by atoms with Crippen molar-refractivity contribution in [2.75, 3.05) is 25.5 Å².